The largest absolute Gasteiger partial charge is 0.508 e. The van der Waals surface area contributed by atoms with Crippen molar-refractivity contribution in [1.82, 2.24) is 0 Å². The Bertz CT molecular complexity index is 642. The van der Waals surface area contributed by atoms with Crippen LogP contribution in [0.15, 0.2) is 28.5 Å². The fourth-order valence-electron chi connectivity index (χ4n) is 1.90. The third-order valence-electron chi connectivity index (χ3n) is 2.86. The van der Waals surface area contributed by atoms with Crippen LogP contribution in [0, 0.1) is 5.92 Å². The summed E-state index contributed by atoms with van der Waals surface area (Å²) in [5, 5.41) is 19.2. The second-order valence-corrected chi connectivity index (χ2v) is 6.08. The van der Waals surface area contributed by atoms with Crippen LogP contribution >= 0.6 is 0 Å². The summed E-state index contributed by atoms with van der Waals surface area (Å²) in [6.45, 7) is 1.52. The van der Waals surface area contributed by atoms with Crippen LogP contribution in [0.1, 0.15) is 18.9 Å². The Morgan fingerprint density at radius 3 is 2.67 bits per heavy atom. The molecule has 0 saturated carbocycles. The van der Waals surface area contributed by atoms with E-state index in [1.807, 2.05) is 0 Å². The number of hydrogen-bond donors (Lipinski definition) is 2. The summed E-state index contributed by atoms with van der Waals surface area (Å²) < 4.78 is 23.7. The van der Waals surface area contributed by atoms with E-state index in [1.165, 1.54) is 25.1 Å². The Hall–Kier alpha value is -1.82. The van der Waals surface area contributed by atoms with Crippen LogP contribution in [0.3, 0.4) is 0 Å². The molecule has 1 aliphatic heterocycles. The van der Waals surface area contributed by atoms with Gasteiger partial charge in [-0.15, -0.1) is 0 Å². The topological polar surface area (TPSA) is 91.7 Å². The Kier molecular flexibility index (Phi) is 2.90. The molecule has 1 aliphatic rings. The Labute approximate surface area is 104 Å². The Morgan fingerprint density at radius 1 is 1.39 bits per heavy atom. The van der Waals surface area contributed by atoms with E-state index < -0.39 is 21.7 Å². The van der Waals surface area contributed by atoms with Gasteiger partial charge in [-0.25, -0.2) is 8.42 Å². The van der Waals surface area contributed by atoms with Crippen molar-refractivity contribution in [2.75, 3.05) is 0 Å². The first-order chi connectivity index (χ1) is 8.31. The minimum Gasteiger partial charge on any atom is -0.508 e. The van der Waals surface area contributed by atoms with Gasteiger partial charge in [-0.3, -0.25) is 4.79 Å². The van der Waals surface area contributed by atoms with Crippen LogP contribution in [-0.4, -0.2) is 24.6 Å². The molecule has 1 aromatic carbocycles. The van der Waals surface area contributed by atoms with E-state index in [9.17, 15) is 18.3 Å². The number of phenols is 1. The van der Waals surface area contributed by atoms with Crippen LogP contribution in [-0.2, 0) is 14.6 Å². The van der Waals surface area contributed by atoms with Gasteiger partial charge in [-0.1, -0.05) is 6.92 Å². The predicted molar refractivity (Wildman–Crippen MR) is 64.7 cm³/mol. The molecule has 0 amide bonds. The molecule has 5 nitrogen and oxygen atoms in total. The normalized spacial score (nSPS) is 17.9. The predicted octanol–water partition coefficient (Wildman–Crippen LogP) is 1.63. The first-order valence-corrected chi connectivity index (χ1v) is 6.88. The molecular weight excluding hydrogens is 256 g/mol. The number of aromatic hydroxyl groups is 1. The molecule has 2 N–H and O–H groups in total. The highest BCUT2D eigenvalue weighted by Crippen LogP contribution is 2.38. The maximum atomic E-state index is 11.8. The van der Waals surface area contributed by atoms with Gasteiger partial charge in [0.25, 0.3) is 0 Å². The van der Waals surface area contributed by atoms with E-state index in [4.69, 9.17) is 5.11 Å². The Balaban J connectivity index is 2.45. The molecule has 0 fully saturated rings. The van der Waals surface area contributed by atoms with Crippen molar-refractivity contribution >= 4 is 21.4 Å². The summed E-state index contributed by atoms with van der Waals surface area (Å²) in [5.74, 6) is -1.76. The summed E-state index contributed by atoms with van der Waals surface area (Å²) in [6.07, 6.45) is 0.145. The van der Waals surface area contributed by atoms with E-state index in [2.05, 4.69) is 0 Å². The molecule has 0 aliphatic carbocycles. The third-order valence-corrected chi connectivity index (χ3v) is 4.41. The summed E-state index contributed by atoms with van der Waals surface area (Å²) in [4.78, 5) is 10.8. The standard InChI is InChI=1S/C12H12O5S/c1-7(12(14)15)4-8-6-18(16,17)11-5-9(13)2-3-10(8)11/h2-3,5-7,13H,4H2,1H3,(H,14,15). The molecule has 0 bridgehead atoms. The lowest BCUT2D eigenvalue weighted by Gasteiger charge is -2.08. The molecule has 0 radical (unpaired) electrons. The highest BCUT2D eigenvalue weighted by molar-refractivity contribution is 7.95. The molecule has 96 valence electrons. The van der Waals surface area contributed by atoms with Crippen LogP contribution < -0.4 is 0 Å². The van der Waals surface area contributed by atoms with Crippen molar-refractivity contribution in [1.29, 1.82) is 0 Å². The molecule has 6 heteroatoms. The van der Waals surface area contributed by atoms with E-state index in [0.717, 1.165) is 5.41 Å². The van der Waals surface area contributed by atoms with Crippen molar-refractivity contribution in [2.45, 2.75) is 18.2 Å². The van der Waals surface area contributed by atoms with Crippen molar-refractivity contribution in [3.63, 3.8) is 0 Å². The average Bonchev–Trinajstić information content (AvgIpc) is 2.50. The zero-order valence-corrected chi connectivity index (χ0v) is 10.4. The Morgan fingerprint density at radius 2 is 2.06 bits per heavy atom. The number of carboxylic acid groups (broad SMARTS) is 1. The lowest BCUT2D eigenvalue weighted by molar-refractivity contribution is -0.140. The zero-order valence-electron chi connectivity index (χ0n) is 9.62. The molecule has 2 rings (SSSR count). The number of phenolic OH excluding ortho intramolecular Hbond substituents is 1. The van der Waals surface area contributed by atoms with Gasteiger partial charge in [0.05, 0.1) is 10.8 Å². The number of rotatable bonds is 3. The van der Waals surface area contributed by atoms with Gasteiger partial charge < -0.3 is 10.2 Å². The molecule has 0 spiro atoms. The first-order valence-electron chi connectivity index (χ1n) is 5.33. The van der Waals surface area contributed by atoms with Gasteiger partial charge >= 0.3 is 5.97 Å². The summed E-state index contributed by atoms with van der Waals surface area (Å²) in [7, 11) is -3.56. The van der Waals surface area contributed by atoms with Crippen LogP contribution in [0.25, 0.3) is 5.57 Å². The van der Waals surface area contributed by atoms with Gasteiger partial charge in [0.2, 0.25) is 9.84 Å². The molecule has 18 heavy (non-hydrogen) atoms. The molecular formula is C12H12O5S. The number of carbonyl (C=O) groups is 1. The maximum Gasteiger partial charge on any atom is 0.306 e. The van der Waals surface area contributed by atoms with Crippen molar-refractivity contribution < 1.29 is 23.4 Å². The van der Waals surface area contributed by atoms with E-state index in [0.29, 0.717) is 11.1 Å². The number of allylic oxidation sites excluding steroid dienone is 1. The van der Waals surface area contributed by atoms with E-state index >= 15 is 0 Å². The molecule has 1 heterocycles. The second-order valence-electron chi connectivity index (χ2n) is 4.31. The van der Waals surface area contributed by atoms with Crippen LogP contribution in [0.4, 0.5) is 0 Å². The summed E-state index contributed by atoms with van der Waals surface area (Å²) in [6, 6.07) is 4.06. The van der Waals surface area contributed by atoms with Crippen molar-refractivity contribution in [2.24, 2.45) is 5.92 Å². The van der Waals surface area contributed by atoms with Crippen molar-refractivity contribution in [3.8, 4) is 5.75 Å². The third kappa shape index (κ3) is 2.11. The van der Waals surface area contributed by atoms with Gasteiger partial charge in [-0.2, -0.15) is 0 Å². The fourth-order valence-corrected chi connectivity index (χ4v) is 3.42. The highest BCUT2D eigenvalue weighted by Gasteiger charge is 2.29. The highest BCUT2D eigenvalue weighted by atomic mass is 32.2. The molecule has 1 atom stereocenters. The number of sulfone groups is 1. The summed E-state index contributed by atoms with van der Waals surface area (Å²) >= 11 is 0. The number of carboxylic acids is 1. The molecule has 1 aromatic rings. The first kappa shape index (κ1) is 12.6. The van der Waals surface area contributed by atoms with Crippen LogP contribution in [0.5, 0.6) is 5.75 Å². The fraction of sp³-hybridized carbons (Fsp3) is 0.250. The van der Waals surface area contributed by atoms with Gasteiger partial charge in [0, 0.05) is 5.41 Å². The van der Waals surface area contributed by atoms with Gasteiger partial charge in [0.1, 0.15) is 5.75 Å². The smallest absolute Gasteiger partial charge is 0.306 e. The number of fused-ring (bicyclic) bond motifs is 1. The van der Waals surface area contributed by atoms with E-state index in [-0.39, 0.29) is 17.1 Å². The lowest BCUT2D eigenvalue weighted by atomic mass is 9.97. The maximum absolute atomic E-state index is 11.8. The minimum absolute atomic E-state index is 0.0371. The minimum atomic E-state index is -3.56. The lowest BCUT2D eigenvalue weighted by Crippen LogP contribution is -2.09. The van der Waals surface area contributed by atoms with Crippen molar-refractivity contribution in [3.05, 3.63) is 29.2 Å². The van der Waals surface area contributed by atoms with E-state index in [1.54, 1.807) is 0 Å². The number of benzene rings is 1. The quantitative estimate of drug-likeness (QED) is 0.869. The zero-order chi connectivity index (χ0) is 13.5. The molecule has 0 aromatic heterocycles. The number of hydrogen-bond acceptors (Lipinski definition) is 4. The molecule has 1 unspecified atom stereocenters. The average molecular weight is 268 g/mol. The summed E-state index contributed by atoms with van der Waals surface area (Å²) in [5.41, 5.74) is 0.945. The second kappa shape index (κ2) is 4.13. The molecule has 0 saturated heterocycles. The monoisotopic (exact) mass is 268 g/mol. The number of aliphatic carboxylic acids is 1. The SMILES string of the molecule is CC(CC1=CS(=O)(=O)c2cc(O)ccc21)C(=O)O. The van der Waals surface area contributed by atoms with Gasteiger partial charge in [-0.05, 0) is 35.8 Å². The van der Waals surface area contributed by atoms with Crippen LogP contribution in [0.2, 0.25) is 0 Å². The van der Waals surface area contributed by atoms with Gasteiger partial charge in [0.15, 0.2) is 0 Å².